The normalized spacial score (nSPS) is 18.5. The van der Waals surface area contributed by atoms with Crippen molar-refractivity contribution < 1.29 is 4.79 Å². The van der Waals surface area contributed by atoms with Gasteiger partial charge in [-0.05, 0) is 24.5 Å². The highest BCUT2D eigenvalue weighted by Crippen LogP contribution is 2.31. The molecule has 3 nitrogen and oxygen atoms in total. The molecule has 2 heterocycles. The maximum atomic E-state index is 11.6. The van der Waals surface area contributed by atoms with Crippen molar-refractivity contribution in [1.29, 1.82) is 0 Å². The number of rotatable bonds is 3. The molecule has 0 saturated carbocycles. The molecule has 2 aromatic rings. The summed E-state index contributed by atoms with van der Waals surface area (Å²) in [5, 5.41) is 1.95. The molecule has 1 unspecified atom stereocenters. The fourth-order valence-corrected chi connectivity index (χ4v) is 4.16. The van der Waals surface area contributed by atoms with E-state index in [1.807, 2.05) is 29.3 Å². The van der Waals surface area contributed by atoms with Crippen molar-refractivity contribution in [3.8, 4) is 0 Å². The molecule has 1 aliphatic rings. The van der Waals surface area contributed by atoms with E-state index in [1.165, 1.54) is 4.88 Å². The van der Waals surface area contributed by atoms with Crippen molar-refractivity contribution >= 4 is 28.8 Å². The van der Waals surface area contributed by atoms with E-state index in [4.69, 9.17) is 11.6 Å². The van der Waals surface area contributed by atoms with Crippen LogP contribution >= 0.6 is 22.9 Å². The van der Waals surface area contributed by atoms with E-state index in [1.54, 1.807) is 18.3 Å². The van der Waals surface area contributed by atoms with Crippen molar-refractivity contribution in [3.05, 3.63) is 50.9 Å². The quantitative estimate of drug-likeness (QED) is 0.846. The Bertz CT molecular complexity index is 670. The predicted molar refractivity (Wildman–Crippen MR) is 90.6 cm³/mol. The molecule has 1 aliphatic heterocycles. The van der Waals surface area contributed by atoms with Gasteiger partial charge >= 0.3 is 0 Å². The fraction of sp³-hybridized carbons (Fsp3) is 0.412. The van der Waals surface area contributed by atoms with Gasteiger partial charge < -0.3 is 4.90 Å². The zero-order valence-electron chi connectivity index (χ0n) is 12.6. The minimum Gasteiger partial charge on any atom is -0.342 e. The van der Waals surface area contributed by atoms with E-state index in [2.05, 4.69) is 11.1 Å². The first-order chi connectivity index (χ1) is 10.6. The number of hydrogen-bond donors (Lipinski definition) is 0. The van der Waals surface area contributed by atoms with Crippen LogP contribution in [-0.2, 0) is 11.2 Å². The highest BCUT2D eigenvalue weighted by atomic mass is 35.5. The third-order valence-electron chi connectivity index (χ3n) is 4.11. The summed E-state index contributed by atoms with van der Waals surface area (Å²) in [5.41, 5.74) is 1.13. The monoisotopic (exact) mass is 334 g/mol. The van der Waals surface area contributed by atoms with Crippen LogP contribution < -0.4 is 0 Å². The molecule has 5 heteroatoms. The summed E-state index contributed by atoms with van der Waals surface area (Å²) in [6.07, 6.45) is 4.95. The number of carbonyl (C=O) groups excluding carboxylic acids is 1. The molecule has 0 bridgehead atoms. The first-order valence-corrected chi connectivity index (χ1v) is 8.76. The summed E-state index contributed by atoms with van der Waals surface area (Å²) in [6.45, 7) is 3.32. The van der Waals surface area contributed by atoms with E-state index in [0.29, 0.717) is 5.92 Å². The Kier molecular flexibility index (Phi) is 4.79. The van der Waals surface area contributed by atoms with Crippen LogP contribution in [0.25, 0.3) is 0 Å². The smallest absolute Gasteiger partial charge is 0.219 e. The van der Waals surface area contributed by atoms with E-state index in [9.17, 15) is 4.79 Å². The molecule has 1 atom stereocenters. The number of halogens is 1. The van der Waals surface area contributed by atoms with Crippen LogP contribution in [-0.4, -0.2) is 28.9 Å². The largest absolute Gasteiger partial charge is 0.342 e. The molecule has 1 aromatic carbocycles. The highest BCUT2D eigenvalue weighted by molar-refractivity contribution is 7.11. The lowest BCUT2D eigenvalue weighted by molar-refractivity contribution is -0.130. The lowest BCUT2D eigenvalue weighted by Gasteiger charge is -2.30. The van der Waals surface area contributed by atoms with Gasteiger partial charge in [0.25, 0.3) is 0 Å². The molecule has 1 saturated heterocycles. The van der Waals surface area contributed by atoms with Gasteiger partial charge in [0, 0.05) is 48.4 Å². The first-order valence-electron chi connectivity index (χ1n) is 7.57. The van der Waals surface area contributed by atoms with Crippen LogP contribution in [0.15, 0.2) is 30.5 Å². The van der Waals surface area contributed by atoms with Gasteiger partial charge in [-0.3, -0.25) is 4.79 Å². The number of hydrogen-bond acceptors (Lipinski definition) is 3. The van der Waals surface area contributed by atoms with Gasteiger partial charge in [0.15, 0.2) is 0 Å². The van der Waals surface area contributed by atoms with E-state index < -0.39 is 0 Å². The zero-order chi connectivity index (χ0) is 15.5. The zero-order valence-corrected chi connectivity index (χ0v) is 14.2. The summed E-state index contributed by atoms with van der Waals surface area (Å²) < 4.78 is 0. The first kappa shape index (κ1) is 15.5. The second kappa shape index (κ2) is 6.80. The molecule has 1 fully saturated rings. The Morgan fingerprint density at radius 3 is 3.05 bits per heavy atom. The number of likely N-dealkylation sites (tertiary alicyclic amines) is 1. The van der Waals surface area contributed by atoms with Crippen molar-refractivity contribution in [3.63, 3.8) is 0 Å². The van der Waals surface area contributed by atoms with Gasteiger partial charge in [-0.1, -0.05) is 29.8 Å². The molecule has 22 heavy (non-hydrogen) atoms. The SMILES string of the molecule is CC(=O)N1CCCC(c2ncc(Cc3ccccc3Cl)s2)C1. The summed E-state index contributed by atoms with van der Waals surface area (Å²) in [7, 11) is 0. The fourth-order valence-electron chi connectivity index (χ4n) is 2.89. The minimum atomic E-state index is 0.164. The molecular weight excluding hydrogens is 316 g/mol. The van der Waals surface area contributed by atoms with Crippen LogP contribution in [0, 0.1) is 0 Å². The Balaban J connectivity index is 1.71. The van der Waals surface area contributed by atoms with Crippen LogP contribution in [0.5, 0.6) is 0 Å². The molecule has 0 radical (unpaired) electrons. The molecular formula is C17H19ClN2OS. The van der Waals surface area contributed by atoms with Crippen LogP contribution in [0.2, 0.25) is 5.02 Å². The number of benzene rings is 1. The van der Waals surface area contributed by atoms with Gasteiger partial charge in [-0.25, -0.2) is 4.98 Å². The second-order valence-electron chi connectivity index (χ2n) is 5.74. The number of thiazole rings is 1. The van der Waals surface area contributed by atoms with Crippen molar-refractivity contribution in [2.75, 3.05) is 13.1 Å². The van der Waals surface area contributed by atoms with Gasteiger partial charge in [0.1, 0.15) is 0 Å². The number of piperidine rings is 1. The van der Waals surface area contributed by atoms with E-state index in [0.717, 1.165) is 47.9 Å². The number of amides is 1. The van der Waals surface area contributed by atoms with Crippen molar-refractivity contribution in [1.82, 2.24) is 9.88 Å². The number of aromatic nitrogens is 1. The van der Waals surface area contributed by atoms with Crippen molar-refractivity contribution in [2.45, 2.75) is 32.1 Å². The van der Waals surface area contributed by atoms with E-state index >= 15 is 0 Å². The molecule has 1 aromatic heterocycles. The Morgan fingerprint density at radius 2 is 2.27 bits per heavy atom. The van der Waals surface area contributed by atoms with Gasteiger partial charge in [-0.2, -0.15) is 0 Å². The summed E-state index contributed by atoms with van der Waals surface area (Å²) in [6, 6.07) is 7.93. The standard InChI is InChI=1S/C17H19ClN2OS/c1-12(21)20-8-4-6-14(11-20)17-19-10-15(22-17)9-13-5-2-3-7-16(13)18/h2-3,5,7,10,14H,4,6,8-9,11H2,1H3. The molecule has 0 N–H and O–H groups in total. The topological polar surface area (TPSA) is 33.2 Å². The third-order valence-corrected chi connectivity index (χ3v) is 5.64. The average molecular weight is 335 g/mol. The third kappa shape index (κ3) is 3.50. The Hall–Kier alpha value is -1.39. The van der Waals surface area contributed by atoms with Crippen LogP contribution in [0.1, 0.15) is 41.1 Å². The summed E-state index contributed by atoms with van der Waals surface area (Å²) in [4.78, 5) is 19.3. The lowest BCUT2D eigenvalue weighted by atomic mass is 9.99. The highest BCUT2D eigenvalue weighted by Gasteiger charge is 2.25. The van der Waals surface area contributed by atoms with Crippen molar-refractivity contribution in [2.24, 2.45) is 0 Å². The van der Waals surface area contributed by atoms with Crippen LogP contribution in [0.4, 0.5) is 0 Å². The van der Waals surface area contributed by atoms with E-state index in [-0.39, 0.29) is 5.91 Å². The molecule has 116 valence electrons. The summed E-state index contributed by atoms with van der Waals surface area (Å²) >= 11 is 7.97. The van der Waals surface area contributed by atoms with Crippen LogP contribution in [0.3, 0.4) is 0 Å². The van der Waals surface area contributed by atoms with Gasteiger partial charge in [0.2, 0.25) is 5.91 Å². The molecule has 1 amide bonds. The summed E-state index contributed by atoms with van der Waals surface area (Å²) in [5.74, 6) is 0.542. The Morgan fingerprint density at radius 1 is 1.45 bits per heavy atom. The lowest BCUT2D eigenvalue weighted by Crippen LogP contribution is -2.37. The van der Waals surface area contributed by atoms with Gasteiger partial charge in [-0.15, -0.1) is 11.3 Å². The molecule has 0 aliphatic carbocycles. The maximum absolute atomic E-state index is 11.6. The average Bonchev–Trinajstić information content (AvgIpc) is 2.98. The van der Waals surface area contributed by atoms with Gasteiger partial charge in [0.05, 0.1) is 5.01 Å². The Labute approximate surface area is 139 Å². The minimum absolute atomic E-state index is 0.164. The maximum Gasteiger partial charge on any atom is 0.219 e. The second-order valence-corrected chi connectivity index (χ2v) is 7.29. The molecule has 0 spiro atoms. The predicted octanol–water partition coefficient (Wildman–Crippen LogP) is 4.11. The number of carbonyl (C=O) groups is 1. The molecule has 3 rings (SSSR count). The number of nitrogens with zero attached hydrogens (tertiary/aromatic N) is 2.